The number of anilines is 1. The van der Waals surface area contributed by atoms with Gasteiger partial charge in [0.25, 0.3) is 5.78 Å². The minimum Gasteiger partial charge on any atom is -0.507 e. The molecule has 0 aliphatic carbocycles. The molecule has 7 nitrogen and oxygen atoms in total. The Kier molecular flexibility index (Phi) is 9.57. The number of unbranched alkanes of at least 4 members (excludes halogenated alkanes) is 1. The molecule has 1 fully saturated rings. The molecule has 1 amide bonds. The molecule has 1 N–H and O–H groups in total. The standard InChI is InChI=1S/C33H32FN3O4S2/c1-4-5-18-41-26-16-12-24(13-17-26)29(38)27-28(23-10-8-22(9-11-23)20(2)3)37(31(40)30(27)39)32-35-36-33(43-32)42-19-21-6-14-25(34)15-7-21/h6-17,20,28,38H,4-5,18-19H2,1-3H3/b29-27-. The normalized spacial score (nSPS) is 16.3. The molecule has 5 rings (SSSR count). The third-order valence-corrected chi connectivity index (χ3v) is 9.26. The predicted octanol–water partition coefficient (Wildman–Crippen LogP) is 7.90. The zero-order valence-corrected chi connectivity index (χ0v) is 25.8. The Morgan fingerprint density at radius 2 is 1.72 bits per heavy atom. The fourth-order valence-electron chi connectivity index (χ4n) is 4.69. The highest BCUT2D eigenvalue weighted by Crippen LogP contribution is 2.44. The van der Waals surface area contributed by atoms with Crippen LogP contribution in [0.5, 0.6) is 5.75 Å². The number of ether oxygens (including phenoxy) is 1. The monoisotopic (exact) mass is 617 g/mol. The average molecular weight is 618 g/mol. The maximum Gasteiger partial charge on any atom is 0.301 e. The van der Waals surface area contributed by atoms with Crippen LogP contribution < -0.4 is 9.64 Å². The Morgan fingerprint density at radius 1 is 1.02 bits per heavy atom. The van der Waals surface area contributed by atoms with Crippen LogP contribution in [-0.4, -0.2) is 33.6 Å². The van der Waals surface area contributed by atoms with Crippen molar-refractivity contribution in [2.24, 2.45) is 0 Å². The number of carbonyl (C=O) groups is 2. The lowest BCUT2D eigenvalue weighted by Crippen LogP contribution is -2.29. The van der Waals surface area contributed by atoms with Crippen LogP contribution in [0.1, 0.15) is 67.8 Å². The maximum atomic E-state index is 13.5. The summed E-state index contributed by atoms with van der Waals surface area (Å²) in [6.45, 7) is 6.85. The van der Waals surface area contributed by atoms with Crippen molar-refractivity contribution in [2.45, 2.75) is 55.7 Å². The third kappa shape index (κ3) is 6.81. The van der Waals surface area contributed by atoms with E-state index in [1.165, 1.54) is 40.1 Å². The van der Waals surface area contributed by atoms with Gasteiger partial charge in [0.1, 0.15) is 17.3 Å². The third-order valence-electron chi connectivity index (χ3n) is 7.14. The summed E-state index contributed by atoms with van der Waals surface area (Å²) in [7, 11) is 0. The number of amides is 1. The predicted molar refractivity (Wildman–Crippen MR) is 168 cm³/mol. The molecule has 1 unspecified atom stereocenters. The number of nitrogens with zero attached hydrogens (tertiary/aromatic N) is 3. The zero-order chi connectivity index (χ0) is 30.5. The second-order valence-corrected chi connectivity index (χ2v) is 12.7. The first-order valence-electron chi connectivity index (χ1n) is 14.1. The number of aliphatic hydroxyl groups excluding tert-OH is 1. The highest BCUT2D eigenvalue weighted by molar-refractivity contribution is 8.00. The molecule has 3 aromatic carbocycles. The molecule has 10 heteroatoms. The fourth-order valence-corrected chi connectivity index (χ4v) is 6.51. The number of Topliss-reactive ketones (excluding diaryl/α,β-unsaturated/α-hetero) is 1. The van der Waals surface area contributed by atoms with Crippen LogP contribution in [0.15, 0.2) is 82.7 Å². The number of hydrogen-bond acceptors (Lipinski definition) is 8. The summed E-state index contributed by atoms with van der Waals surface area (Å²) in [5.74, 6) is -0.673. The first-order chi connectivity index (χ1) is 20.8. The number of aromatic nitrogens is 2. The molecule has 1 aliphatic rings. The van der Waals surface area contributed by atoms with Gasteiger partial charge < -0.3 is 9.84 Å². The number of rotatable bonds is 11. The molecule has 0 saturated carbocycles. The Labute approximate surface area is 258 Å². The number of aliphatic hydroxyl groups is 1. The minimum atomic E-state index is -0.899. The Bertz CT molecular complexity index is 1620. The van der Waals surface area contributed by atoms with E-state index < -0.39 is 17.7 Å². The van der Waals surface area contributed by atoms with Crippen molar-refractivity contribution in [3.05, 3.63) is 106 Å². The molecule has 4 aromatic rings. The molecule has 0 bridgehead atoms. The molecular weight excluding hydrogens is 586 g/mol. The first-order valence-corrected chi connectivity index (χ1v) is 15.9. The van der Waals surface area contributed by atoms with E-state index in [1.54, 1.807) is 36.4 Å². The van der Waals surface area contributed by atoms with Gasteiger partial charge >= 0.3 is 5.91 Å². The van der Waals surface area contributed by atoms with Gasteiger partial charge in [-0.2, -0.15) is 0 Å². The van der Waals surface area contributed by atoms with Crippen LogP contribution in [-0.2, 0) is 15.3 Å². The van der Waals surface area contributed by atoms with Crippen LogP contribution in [0.25, 0.3) is 5.76 Å². The van der Waals surface area contributed by atoms with Crippen LogP contribution in [0.2, 0.25) is 0 Å². The van der Waals surface area contributed by atoms with E-state index in [0.717, 1.165) is 24.0 Å². The highest BCUT2D eigenvalue weighted by Gasteiger charge is 2.48. The van der Waals surface area contributed by atoms with Crippen molar-refractivity contribution in [1.29, 1.82) is 0 Å². The number of benzene rings is 3. The lowest BCUT2D eigenvalue weighted by molar-refractivity contribution is -0.132. The molecule has 0 spiro atoms. The van der Waals surface area contributed by atoms with Crippen molar-refractivity contribution < 1.29 is 23.8 Å². The summed E-state index contributed by atoms with van der Waals surface area (Å²) in [5, 5.41) is 20.2. The highest BCUT2D eigenvalue weighted by atomic mass is 32.2. The average Bonchev–Trinajstić information content (AvgIpc) is 3.58. The van der Waals surface area contributed by atoms with E-state index >= 15 is 0 Å². The smallest absolute Gasteiger partial charge is 0.301 e. The van der Waals surface area contributed by atoms with Gasteiger partial charge in [0.05, 0.1) is 18.2 Å². The second kappa shape index (κ2) is 13.5. The first kappa shape index (κ1) is 30.4. The van der Waals surface area contributed by atoms with Crippen LogP contribution >= 0.6 is 23.1 Å². The number of carbonyl (C=O) groups excluding carboxylic acids is 2. The topological polar surface area (TPSA) is 92.6 Å². The largest absolute Gasteiger partial charge is 0.507 e. The fraction of sp³-hybridized carbons (Fsp3) is 0.273. The van der Waals surface area contributed by atoms with E-state index in [1.807, 2.05) is 24.3 Å². The van der Waals surface area contributed by atoms with Crippen LogP contribution in [0, 0.1) is 5.82 Å². The molecule has 1 aromatic heterocycles. The van der Waals surface area contributed by atoms with E-state index in [9.17, 15) is 19.1 Å². The summed E-state index contributed by atoms with van der Waals surface area (Å²) in [6, 6.07) is 19.8. The SMILES string of the molecule is CCCCOc1ccc(/C(O)=C2/C(=O)C(=O)N(c3nnc(SCc4ccc(F)cc4)s3)C2c2ccc(C(C)C)cc2)cc1. The van der Waals surface area contributed by atoms with Gasteiger partial charge in [0.2, 0.25) is 5.13 Å². The zero-order valence-electron chi connectivity index (χ0n) is 24.1. The minimum absolute atomic E-state index is 0.0161. The second-order valence-electron chi connectivity index (χ2n) is 10.5. The van der Waals surface area contributed by atoms with Crippen LogP contribution in [0.3, 0.4) is 0 Å². The van der Waals surface area contributed by atoms with Gasteiger partial charge in [-0.3, -0.25) is 14.5 Å². The lowest BCUT2D eigenvalue weighted by atomic mass is 9.93. The molecule has 1 saturated heterocycles. The molecule has 0 radical (unpaired) electrons. The maximum absolute atomic E-state index is 13.5. The van der Waals surface area contributed by atoms with E-state index in [4.69, 9.17) is 4.74 Å². The van der Waals surface area contributed by atoms with Crippen molar-refractivity contribution in [3.8, 4) is 5.75 Å². The summed E-state index contributed by atoms with van der Waals surface area (Å²) < 4.78 is 19.6. The molecule has 1 atom stereocenters. The summed E-state index contributed by atoms with van der Waals surface area (Å²) in [5.41, 5.74) is 3.07. The van der Waals surface area contributed by atoms with Gasteiger partial charge in [0.15, 0.2) is 4.34 Å². The van der Waals surface area contributed by atoms with Gasteiger partial charge in [-0.1, -0.05) is 86.7 Å². The molecule has 2 heterocycles. The van der Waals surface area contributed by atoms with Gasteiger partial charge in [-0.15, -0.1) is 10.2 Å². The van der Waals surface area contributed by atoms with E-state index in [-0.39, 0.29) is 22.3 Å². The quantitative estimate of drug-likeness (QED) is 0.0457. The van der Waals surface area contributed by atoms with Crippen molar-refractivity contribution in [1.82, 2.24) is 10.2 Å². The van der Waals surface area contributed by atoms with Gasteiger partial charge in [-0.05, 0) is 65.4 Å². The summed E-state index contributed by atoms with van der Waals surface area (Å²) in [4.78, 5) is 28.4. The van der Waals surface area contributed by atoms with Gasteiger partial charge in [0, 0.05) is 11.3 Å². The molecular formula is C33H32FN3O4S2. The lowest BCUT2D eigenvalue weighted by Gasteiger charge is -2.23. The van der Waals surface area contributed by atoms with E-state index in [2.05, 4.69) is 31.0 Å². The Balaban J connectivity index is 1.49. The molecule has 1 aliphatic heterocycles. The number of hydrogen-bond donors (Lipinski definition) is 1. The van der Waals surface area contributed by atoms with Crippen molar-refractivity contribution in [2.75, 3.05) is 11.5 Å². The van der Waals surface area contributed by atoms with E-state index in [0.29, 0.717) is 39.5 Å². The Morgan fingerprint density at radius 3 is 2.37 bits per heavy atom. The number of halogens is 1. The molecule has 222 valence electrons. The summed E-state index contributed by atoms with van der Waals surface area (Å²) >= 11 is 2.59. The van der Waals surface area contributed by atoms with Crippen LogP contribution in [0.4, 0.5) is 9.52 Å². The van der Waals surface area contributed by atoms with Gasteiger partial charge in [-0.25, -0.2) is 4.39 Å². The van der Waals surface area contributed by atoms with Crippen molar-refractivity contribution in [3.63, 3.8) is 0 Å². The number of ketones is 1. The summed E-state index contributed by atoms with van der Waals surface area (Å²) in [6.07, 6.45) is 1.94. The van der Waals surface area contributed by atoms with Crippen molar-refractivity contribution >= 4 is 45.7 Å². The Hall–Kier alpha value is -4.02. The molecule has 43 heavy (non-hydrogen) atoms. The number of thioether (sulfide) groups is 1.